The van der Waals surface area contributed by atoms with Crippen molar-refractivity contribution in [2.24, 2.45) is 0 Å². The summed E-state index contributed by atoms with van der Waals surface area (Å²) in [7, 11) is 0. The maximum Gasteiger partial charge on any atom is 0.254 e. The van der Waals surface area contributed by atoms with Gasteiger partial charge in [0.1, 0.15) is 0 Å². The number of aryl methyl sites for hydroxylation is 1. The fourth-order valence-electron chi connectivity index (χ4n) is 4.02. The Labute approximate surface area is 181 Å². The van der Waals surface area contributed by atoms with Crippen molar-refractivity contribution in [2.75, 3.05) is 26.2 Å². The molecule has 5 rings (SSSR count). The lowest BCUT2D eigenvalue weighted by atomic mass is 10.0. The van der Waals surface area contributed by atoms with E-state index < -0.39 is 0 Å². The Hall–Kier alpha value is -3.51. The summed E-state index contributed by atoms with van der Waals surface area (Å²) in [5, 5.41) is 6.21. The molecule has 0 N–H and O–H groups in total. The van der Waals surface area contributed by atoms with Crippen molar-refractivity contribution in [1.82, 2.24) is 19.9 Å². The van der Waals surface area contributed by atoms with Gasteiger partial charge in [-0.05, 0) is 23.8 Å². The molecule has 0 saturated carbocycles. The van der Waals surface area contributed by atoms with Crippen LogP contribution in [0, 0.1) is 6.92 Å². The lowest BCUT2D eigenvalue weighted by Gasteiger charge is -2.34. The normalized spacial score (nSPS) is 14.8. The average Bonchev–Trinajstić information content (AvgIpc) is 3.27. The number of nitrogens with zero attached hydrogens (tertiary/aromatic N) is 4. The first-order valence-electron chi connectivity index (χ1n) is 10.6. The zero-order valence-corrected chi connectivity index (χ0v) is 17.5. The summed E-state index contributed by atoms with van der Waals surface area (Å²) >= 11 is 0. The lowest BCUT2D eigenvalue weighted by molar-refractivity contribution is 0.0617. The molecule has 0 aliphatic carbocycles. The molecule has 0 radical (unpaired) electrons. The molecule has 0 bridgehead atoms. The molecule has 0 spiro atoms. The Balaban J connectivity index is 1.22. The van der Waals surface area contributed by atoms with Gasteiger partial charge in [-0.3, -0.25) is 9.69 Å². The third kappa shape index (κ3) is 4.07. The summed E-state index contributed by atoms with van der Waals surface area (Å²) < 4.78 is 5.46. The van der Waals surface area contributed by atoms with E-state index in [1.807, 2.05) is 71.6 Å². The minimum absolute atomic E-state index is 0.0934. The lowest BCUT2D eigenvalue weighted by Crippen LogP contribution is -2.48. The first-order chi connectivity index (χ1) is 15.2. The van der Waals surface area contributed by atoms with E-state index in [-0.39, 0.29) is 5.91 Å². The summed E-state index contributed by atoms with van der Waals surface area (Å²) in [6.45, 7) is 5.56. The van der Waals surface area contributed by atoms with Crippen LogP contribution in [0.25, 0.3) is 22.2 Å². The van der Waals surface area contributed by atoms with Crippen molar-refractivity contribution in [3.8, 4) is 11.4 Å². The number of carbonyl (C=O) groups excluding carboxylic acids is 1. The van der Waals surface area contributed by atoms with Crippen LogP contribution in [0.15, 0.2) is 71.3 Å². The highest BCUT2D eigenvalue weighted by atomic mass is 16.5. The Morgan fingerprint density at radius 1 is 0.935 bits per heavy atom. The predicted octanol–water partition coefficient (Wildman–Crippen LogP) is 4.16. The van der Waals surface area contributed by atoms with Gasteiger partial charge in [0.25, 0.3) is 5.91 Å². The van der Waals surface area contributed by atoms with Gasteiger partial charge in [0, 0.05) is 37.3 Å². The summed E-state index contributed by atoms with van der Waals surface area (Å²) in [6, 6.07) is 22.0. The van der Waals surface area contributed by atoms with Crippen molar-refractivity contribution in [3.05, 3.63) is 83.7 Å². The molecule has 1 fully saturated rings. The van der Waals surface area contributed by atoms with Crippen molar-refractivity contribution in [2.45, 2.75) is 13.5 Å². The standard InChI is InChI=1S/C25H24N4O2/c1-18-9-11-20(12-10-18)24-26-23(31-27-24)17-28-13-15-29(16-14-28)25(30)22-8-4-6-19-5-2-3-7-21(19)22/h2-12H,13-17H2,1H3. The zero-order chi connectivity index (χ0) is 21.2. The summed E-state index contributed by atoms with van der Waals surface area (Å²) in [6.07, 6.45) is 0. The quantitative estimate of drug-likeness (QED) is 0.504. The van der Waals surface area contributed by atoms with Crippen molar-refractivity contribution in [1.29, 1.82) is 0 Å². The van der Waals surface area contributed by atoms with Gasteiger partial charge in [-0.15, -0.1) is 0 Å². The van der Waals surface area contributed by atoms with E-state index in [9.17, 15) is 4.79 Å². The average molecular weight is 412 g/mol. The molecule has 6 heteroatoms. The van der Waals surface area contributed by atoms with E-state index in [0.29, 0.717) is 31.3 Å². The summed E-state index contributed by atoms with van der Waals surface area (Å²) in [5.74, 6) is 1.31. The number of hydrogen-bond acceptors (Lipinski definition) is 5. The molecule has 3 aromatic carbocycles. The van der Waals surface area contributed by atoms with Crippen LogP contribution in [0.3, 0.4) is 0 Å². The molecule has 1 amide bonds. The highest BCUT2D eigenvalue weighted by molar-refractivity contribution is 6.07. The van der Waals surface area contributed by atoms with E-state index in [0.717, 1.165) is 35.0 Å². The number of benzene rings is 3. The highest BCUT2D eigenvalue weighted by Crippen LogP contribution is 2.21. The SMILES string of the molecule is Cc1ccc(-c2noc(CN3CCN(C(=O)c4cccc5ccccc45)CC3)n2)cc1. The van der Waals surface area contributed by atoms with E-state index in [2.05, 4.69) is 22.0 Å². The van der Waals surface area contributed by atoms with Crippen molar-refractivity contribution in [3.63, 3.8) is 0 Å². The number of rotatable bonds is 4. The van der Waals surface area contributed by atoms with Gasteiger partial charge in [0.05, 0.1) is 6.54 Å². The van der Waals surface area contributed by atoms with Gasteiger partial charge in [0.15, 0.2) is 0 Å². The smallest absolute Gasteiger partial charge is 0.254 e. The number of hydrogen-bond donors (Lipinski definition) is 0. The molecule has 31 heavy (non-hydrogen) atoms. The number of aromatic nitrogens is 2. The van der Waals surface area contributed by atoms with Crippen LogP contribution in [0.2, 0.25) is 0 Å². The maximum absolute atomic E-state index is 13.1. The summed E-state index contributed by atoms with van der Waals surface area (Å²) in [4.78, 5) is 21.9. The van der Waals surface area contributed by atoms with E-state index in [1.165, 1.54) is 5.56 Å². The Kier molecular flexibility index (Phi) is 5.22. The third-order valence-corrected chi connectivity index (χ3v) is 5.82. The van der Waals surface area contributed by atoms with Gasteiger partial charge in [-0.2, -0.15) is 4.98 Å². The summed E-state index contributed by atoms with van der Waals surface area (Å²) in [5.41, 5.74) is 2.92. The molecule has 156 valence electrons. The van der Waals surface area contributed by atoms with Gasteiger partial charge in [-0.1, -0.05) is 71.4 Å². The number of amides is 1. The van der Waals surface area contributed by atoms with Gasteiger partial charge in [0.2, 0.25) is 11.7 Å². The first kappa shape index (κ1) is 19.5. The molecular formula is C25H24N4O2. The van der Waals surface area contributed by atoms with Crippen LogP contribution >= 0.6 is 0 Å². The van der Waals surface area contributed by atoms with Crippen molar-refractivity contribution >= 4 is 16.7 Å². The minimum atomic E-state index is 0.0934. The molecule has 6 nitrogen and oxygen atoms in total. The molecular weight excluding hydrogens is 388 g/mol. The van der Waals surface area contributed by atoms with Crippen LogP contribution < -0.4 is 0 Å². The topological polar surface area (TPSA) is 62.5 Å². The van der Waals surface area contributed by atoms with E-state index in [1.54, 1.807) is 0 Å². The molecule has 0 atom stereocenters. The van der Waals surface area contributed by atoms with Crippen LogP contribution in [-0.4, -0.2) is 52.0 Å². The second kappa shape index (κ2) is 8.32. The van der Waals surface area contributed by atoms with E-state index >= 15 is 0 Å². The minimum Gasteiger partial charge on any atom is -0.338 e. The second-order valence-electron chi connectivity index (χ2n) is 7.97. The first-order valence-corrected chi connectivity index (χ1v) is 10.6. The molecule has 2 heterocycles. The predicted molar refractivity (Wildman–Crippen MR) is 120 cm³/mol. The van der Waals surface area contributed by atoms with Gasteiger partial charge >= 0.3 is 0 Å². The fourth-order valence-corrected chi connectivity index (χ4v) is 4.02. The monoisotopic (exact) mass is 412 g/mol. The fraction of sp³-hybridized carbons (Fsp3) is 0.240. The molecule has 4 aromatic rings. The third-order valence-electron chi connectivity index (χ3n) is 5.82. The van der Waals surface area contributed by atoms with Crippen LogP contribution in [0.5, 0.6) is 0 Å². The maximum atomic E-state index is 13.1. The van der Waals surface area contributed by atoms with Gasteiger partial charge < -0.3 is 9.42 Å². The molecule has 0 unspecified atom stereocenters. The Bertz CT molecular complexity index is 1200. The molecule has 1 aliphatic rings. The number of fused-ring (bicyclic) bond motifs is 1. The largest absolute Gasteiger partial charge is 0.338 e. The molecule has 1 aromatic heterocycles. The number of carbonyl (C=O) groups is 1. The van der Waals surface area contributed by atoms with Crippen LogP contribution in [0.1, 0.15) is 21.8 Å². The Morgan fingerprint density at radius 3 is 2.48 bits per heavy atom. The second-order valence-corrected chi connectivity index (χ2v) is 7.97. The highest BCUT2D eigenvalue weighted by Gasteiger charge is 2.24. The van der Waals surface area contributed by atoms with Crippen LogP contribution in [-0.2, 0) is 6.54 Å². The molecule has 1 saturated heterocycles. The van der Waals surface area contributed by atoms with Crippen molar-refractivity contribution < 1.29 is 9.32 Å². The molecule has 1 aliphatic heterocycles. The van der Waals surface area contributed by atoms with E-state index in [4.69, 9.17) is 4.52 Å². The van der Waals surface area contributed by atoms with Gasteiger partial charge in [-0.25, -0.2) is 0 Å². The van der Waals surface area contributed by atoms with Crippen LogP contribution in [0.4, 0.5) is 0 Å². The Morgan fingerprint density at radius 2 is 1.68 bits per heavy atom. The number of piperazine rings is 1. The zero-order valence-electron chi connectivity index (χ0n) is 17.5.